The standard InChI is InChI=1S/C21H28N4O4/c26-19(5-6-22-17-3-1-2-4-18(17)25(28)29)23-24-20(27)13-21-10-14-7-15(11-21)9-16(8-14)12-21/h1-4,14-16,22H,5-13H2,(H,23,26)(H,24,27). The highest BCUT2D eigenvalue weighted by molar-refractivity contribution is 5.82. The maximum atomic E-state index is 12.4. The third kappa shape index (κ3) is 4.52. The van der Waals surface area contributed by atoms with E-state index in [1.807, 2.05) is 0 Å². The minimum absolute atomic E-state index is 0.0308. The van der Waals surface area contributed by atoms with Crippen LogP contribution < -0.4 is 16.2 Å². The first-order valence-electron chi connectivity index (χ1n) is 10.5. The molecule has 4 fully saturated rings. The number of para-hydroxylation sites is 2. The Balaban J connectivity index is 1.19. The lowest BCUT2D eigenvalue weighted by Gasteiger charge is -2.56. The zero-order chi connectivity index (χ0) is 20.4. The number of nitro groups is 1. The number of nitrogens with one attached hydrogen (secondary N) is 3. The van der Waals surface area contributed by atoms with Gasteiger partial charge >= 0.3 is 0 Å². The first-order valence-corrected chi connectivity index (χ1v) is 10.5. The molecule has 0 aromatic heterocycles. The van der Waals surface area contributed by atoms with Gasteiger partial charge in [-0.05, 0) is 67.8 Å². The summed E-state index contributed by atoms with van der Waals surface area (Å²) in [6, 6.07) is 6.30. The van der Waals surface area contributed by atoms with Gasteiger partial charge in [-0.3, -0.25) is 30.6 Å². The number of hydrazine groups is 1. The Morgan fingerprint density at radius 1 is 1.00 bits per heavy atom. The number of benzene rings is 1. The van der Waals surface area contributed by atoms with Crippen LogP contribution in [0.15, 0.2) is 24.3 Å². The molecule has 4 aliphatic rings. The molecule has 0 aliphatic heterocycles. The third-order valence-corrected chi connectivity index (χ3v) is 6.81. The van der Waals surface area contributed by atoms with Gasteiger partial charge in [-0.25, -0.2) is 0 Å². The van der Waals surface area contributed by atoms with Gasteiger partial charge in [0.1, 0.15) is 5.69 Å². The summed E-state index contributed by atoms with van der Waals surface area (Å²) >= 11 is 0. The predicted molar refractivity (Wildman–Crippen MR) is 108 cm³/mol. The normalized spacial score (nSPS) is 29.3. The number of rotatable bonds is 7. The Hall–Kier alpha value is -2.64. The first-order chi connectivity index (χ1) is 13.9. The van der Waals surface area contributed by atoms with Gasteiger partial charge in [0.2, 0.25) is 11.8 Å². The summed E-state index contributed by atoms with van der Waals surface area (Å²) in [6.07, 6.45) is 8.06. The molecule has 0 atom stereocenters. The van der Waals surface area contributed by atoms with Crippen LogP contribution >= 0.6 is 0 Å². The molecule has 4 aliphatic carbocycles. The fourth-order valence-electron chi connectivity index (χ4n) is 6.19. The molecule has 8 nitrogen and oxygen atoms in total. The molecule has 0 spiro atoms. The van der Waals surface area contributed by atoms with Crippen molar-refractivity contribution in [3.63, 3.8) is 0 Å². The molecular weight excluding hydrogens is 372 g/mol. The first kappa shape index (κ1) is 19.7. The molecule has 29 heavy (non-hydrogen) atoms. The van der Waals surface area contributed by atoms with Crippen molar-refractivity contribution in [2.75, 3.05) is 11.9 Å². The Kier molecular flexibility index (Phi) is 5.43. The van der Waals surface area contributed by atoms with E-state index < -0.39 is 4.92 Å². The molecule has 1 aromatic rings. The molecule has 2 amide bonds. The lowest BCUT2D eigenvalue weighted by molar-refractivity contribution is -0.384. The predicted octanol–water partition coefficient (Wildman–Crippen LogP) is 3.15. The van der Waals surface area contributed by atoms with Crippen LogP contribution in [0.3, 0.4) is 0 Å². The molecule has 5 rings (SSSR count). The number of carbonyl (C=O) groups is 2. The lowest BCUT2D eigenvalue weighted by Crippen LogP contribution is -2.50. The van der Waals surface area contributed by atoms with Crippen molar-refractivity contribution >= 4 is 23.2 Å². The molecule has 0 unspecified atom stereocenters. The number of anilines is 1. The maximum absolute atomic E-state index is 12.4. The van der Waals surface area contributed by atoms with Crippen LogP contribution in [0, 0.1) is 33.3 Å². The fourth-order valence-corrected chi connectivity index (χ4v) is 6.19. The minimum atomic E-state index is -0.465. The number of hydrogen-bond acceptors (Lipinski definition) is 5. The van der Waals surface area contributed by atoms with E-state index in [9.17, 15) is 19.7 Å². The Labute approximate surface area is 169 Å². The van der Waals surface area contributed by atoms with E-state index in [4.69, 9.17) is 0 Å². The second-order valence-corrected chi connectivity index (χ2v) is 9.14. The minimum Gasteiger partial charge on any atom is -0.379 e. The van der Waals surface area contributed by atoms with Crippen molar-refractivity contribution < 1.29 is 14.5 Å². The van der Waals surface area contributed by atoms with Crippen LogP contribution in [-0.2, 0) is 9.59 Å². The molecule has 156 valence electrons. The zero-order valence-electron chi connectivity index (χ0n) is 16.5. The number of amides is 2. The molecule has 0 heterocycles. The lowest BCUT2D eigenvalue weighted by atomic mass is 9.49. The maximum Gasteiger partial charge on any atom is 0.292 e. The van der Waals surface area contributed by atoms with Crippen LogP contribution in [0.4, 0.5) is 11.4 Å². The second kappa shape index (κ2) is 8.00. The van der Waals surface area contributed by atoms with Gasteiger partial charge < -0.3 is 5.32 Å². The van der Waals surface area contributed by atoms with E-state index in [1.165, 1.54) is 25.3 Å². The van der Waals surface area contributed by atoms with E-state index in [0.29, 0.717) is 12.1 Å². The van der Waals surface area contributed by atoms with E-state index in [1.54, 1.807) is 18.2 Å². The monoisotopic (exact) mass is 400 g/mol. The Morgan fingerprint density at radius 3 is 2.21 bits per heavy atom. The van der Waals surface area contributed by atoms with E-state index in [-0.39, 0.29) is 35.9 Å². The van der Waals surface area contributed by atoms with Gasteiger partial charge in [0.25, 0.3) is 5.69 Å². The van der Waals surface area contributed by atoms with E-state index in [2.05, 4.69) is 16.2 Å². The summed E-state index contributed by atoms with van der Waals surface area (Å²) in [5.41, 5.74) is 5.51. The topological polar surface area (TPSA) is 113 Å². The quantitative estimate of drug-likeness (QED) is 0.481. The number of hydrogen-bond donors (Lipinski definition) is 3. The molecule has 1 aromatic carbocycles. The molecule has 0 saturated heterocycles. The highest BCUT2D eigenvalue weighted by Crippen LogP contribution is 2.61. The largest absolute Gasteiger partial charge is 0.379 e. The molecule has 3 N–H and O–H groups in total. The summed E-state index contributed by atoms with van der Waals surface area (Å²) in [7, 11) is 0. The van der Waals surface area contributed by atoms with Gasteiger partial charge in [0, 0.05) is 25.5 Å². The third-order valence-electron chi connectivity index (χ3n) is 6.81. The van der Waals surface area contributed by atoms with Crippen LogP contribution in [0.5, 0.6) is 0 Å². The smallest absolute Gasteiger partial charge is 0.292 e. The highest BCUT2D eigenvalue weighted by atomic mass is 16.6. The van der Waals surface area contributed by atoms with Crippen molar-refractivity contribution in [3.05, 3.63) is 34.4 Å². The molecule has 4 bridgehead atoms. The van der Waals surface area contributed by atoms with E-state index >= 15 is 0 Å². The number of nitrogens with zero attached hydrogens (tertiary/aromatic N) is 1. The van der Waals surface area contributed by atoms with Crippen LogP contribution in [0.25, 0.3) is 0 Å². The van der Waals surface area contributed by atoms with Crippen molar-refractivity contribution in [1.82, 2.24) is 10.9 Å². The molecular formula is C21H28N4O4. The molecule has 4 saturated carbocycles. The van der Waals surface area contributed by atoms with Gasteiger partial charge in [0.05, 0.1) is 4.92 Å². The average molecular weight is 400 g/mol. The summed E-state index contributed by atoms with van der Waals surface area (Å²) < 4.78 is 0. The second-order valence-electron chi connectivity index (χ2n) is 9.14. The van der Waals surface area contributed by atoms with E-state index in [0.717, 1.165) is 37.0 Å². The van der Waals surface area contributed by atoms with Crippen molar-refractivity contribution in [1.29, 1.82) is 0 Å². The van der Waals surface area contributed by atoms with Gasteiger partial charge in [0.15, 0.2) is 0 Å². The summed E-state index contributed by atoms with van der Waals surface area (Å²) in [5, 5.41) is 13.9. The Bertz CT molecular complexity index is 774. The number of carbonyl (C=O) groups excluding carboxylic acids is 2. The van der Waals surface area contributed by atoms with Crippen LogP contribution in [-0.4, -0.2) is 23.3 Å². The van der Waals surface area contributed by atoms with Gasteiger partial charge in [-0.1, -0.05) is 12.1 Å². The van der Waals surface area contributed by atoms with Crippen LogP contribution in [0.2, 0.25) is 0 Å². The molecule has 8 heteroatoms. The van der Waals surface area contributed by atoms with Gasteiger partial charge in [-0.2, -0.15) is 0 Å². The fraction of sp³-hybridized carbons (Fsp3) is 0.619. The average Bonchev–Trinajstić information content (AvgIpc) is 2.65. The van der Waals surface area contributed by atoms with Crippen LogP contribution in [0.1, 0.15) is 51.4 Å². The Morgan fingerprint density at radius 2 is 1.59 bits per heavy atom. The number of nitro benzene ring substituents is 1. The van der Waals surface area contributed by atoms with Crippen molar-refractivity contribution in [2.24, 2.45) is 23.2 Å². The summed E-state index contributed by atoms with van der Waals surface area (Å²) in [4.78, 5) is 35.0. The van der Waals surface area contributed by atoms with Crippen molar-refractivity contribution in [3.8, 4) is 0 Å². The van der Waals surface area contributed by atoms with Gasteiger partial charge in [-0.15, -0.1) is 0 Å². The SMILES string of the molecule is O=C(CCNc1ccccc1[N+](=O)[O-])NNC(=O)CC12CC3CC(CC(C3)C1)C2. The highest BCUT2D eigenvalue weighted by Gasteiger charge is 2.51. The zero-order valence-corrected chi connectivity index (χ0v) is 16.5. The van der Waals surface area contributed by atoms with Crippen molar-refractivity contribution in [2.45, 2.75) is 51.4 Å². The summed E-state index contributed by atoms with van der Waals surface area (Å²) in [6.45, 7) is 0.238. The summed E-state index contributed by atoms with van der Waals surface area (Å²) in [5.74, 6) is 1.92. The molecule has 0 radical (unpaired) electrons.